The molecule has 0 aliphatic rings. The number of amides is 1. The van der Waals surface area contributed by atoms with Crippen LogP contribution in [0.15, 0.2) is 47.6 Å². The third-order valence-corrected chi connectivity index (χ3v) is 3.22. The number of benzene rings is 1. The maximum atomic E-state index is 13.4. The number of alkyl halides is 1. The SMILES string of the molecule is CC(=C\C(F)C(=O)NO)/C=C(\C)C(=O)c1ccc(N(C)C)cc1. The van der Waals surface area contributed by atoms with Crippen LogP contribution in [-0.2, 0) is 4.79 Å². The monoisotopic (exact) mass is 320 g/mol. The minimum Gasteiger partial charge on any atom is -0.378 e. The number of hydrogen-bond acceptors (Lipinski definition) is 4. The van der Waals surface area contributed by atoms with Crippen LogP contribution < -0.4 is 10.4 Å². The second kappa shape index (κ2) is 8.24. The first-order valence-electron chi connectivity index (χ1n) is 7.03. The average Bonchev–Trinajstić information content (AvgIpc) is 2.52. The molecule has 0 fully saturated rings. The van der Waals surface area contributed by atoms with Crippen molar-refractivity contribution in [1.82, 2.24) is 5.48 Å². The van der Waals surface area contributed by atoms with E-state index in [0.29, 0.717) is 16.7 Å². The number of hydroxylamine groups is 1. The van der Waals surface area contributed by atoms with E-state index in [2.05, 4.69) is 0 Å². The predicted molar refractivity (Wildman–Crippen MR) is 87.4 cm³/mol. The summed E-state index contributed by atoms with van der Waals surface area (Å²) in [5, 5.41) is 8.36. The van der Waals surface area contributed by atoms with Gasteiger partial charge >= 0.3 is 0 Å². The van der Waals surface area contributed by atoms with Gasteiger partial charge in [-0.1, -0.05) is 11.6 Å². The summed E-state index contributed by atoms with van der Waals surface area (Å²) in [5.41, 5.74) is 3.58. The van der Waals surface area contributed by atoms with Crippen molar-refractivity contribution in [2.75, 3.05) is 19.0 Å². The Morgan fingerprint density at radius 1 is 1.22 bits per heavy atom. The van der Waals surface area contributed by atoms with E-state index in [-0.39, 0.29) is 5.78 Å². The molecule has 1 aromatic carbocycles. The van der Waals surface area contributed by atoms with Crippen molar-refractivity contribution in [3.05, 3.63) is 53.1 Å². The number of Topliss-reactive ketones (excluding diaryl/α,β-unsaturated/α-hetero) is 1. The summed E-state index contributed by atoms with van der Waals surface area (Å²) in [4.78, 5) is 25.1. The lowest BCUT2D eigenvalue weighted by Crippen LogP contribution is -2.27. The first-order chi connectivity index (χ1) is 10.8. The third-order valence-electron chi connectivity index (χ3n) is 3.22. The quantitative estimate of drug-likeness (QED) is 0.278. The van der Waals surface area contributed by atoms with Crippen molar-refractivity contribution in [2.24, 2.45) is 0 Å². The summed E-state index contributed by atoms with van der Waals surface area (Å²) in [6, 6.07) is 7.13. The van der Waals surface area contributed by atoms with Crippen LogP contribution in [0.1, 0.15) is 24.2 Å². The molecule has 0 heterocycles. The van der Waals surface area contributed by atoms with E-state index in [1.54, 1.807) is 26.0 Å². The van der Waals surface area contributed by atoms with Crippen LogP contribution in [0.5, 0.6) is 0 Å². The molecule has 0 spiro atoms. The van der Waals surface area contributed by atoms with Crippen LogP contribution in [0, 0.1) is 0 Å². The van der Waals surface area contributed by atoms with Crippen LogP contribution in [0.2, 0.25) is 0 Å². The van der Waals surface area contributed by atoms with E-state index >= 15 is 0 Å². The topological polar surface area (TPSA) is 69.6 Å². The number of carbonyl (C=O) groups is 2. The molecular weight excluding hydrogens is 299 g/mol. The Kier molecular flexibility index (Phi) is 6.65. The zero-order valence-electron chi connectivity index (χ0n) is 13.6. The molecule has 0 aliphatic carbocycles. The molecule has 23 heavy (non-hydrogen) atoms. The predicted octanol–water partition coefficient (Wildman–Crippen LogP) is 2.67. The Morgan fingerprint density at radius 2 is 1.78 bits per heavy atom. The number of hydrogen-bond donors (Lipinski definition) is 2. The number of anilines is 1. The molecule has 0 saturated carbocycles. The van der Waals surface area contributed by atoms with E-state index in [9.17, 15) is 14.0 Å². The number of halogens is 1. The summed E-state index contributed by atoms with van der Waals surface area (Å²) in [6.45, 7) is 3.20. The van der Waals surface area contributed by atoms with Crippen LogP contribution in [0.25, 0.3) is 0 Å². The summed E-state index contributed by atoms with van der Waals surface area (Å²) in [6.07, 6.45) is 0.551. The lowest BCUT2D eigenvalue weighted by Gasteiger charge is -2.12. The third kappa shape index (κ3) is 5.34. The fourth-order valence-corrected chi connectivity index (χ4v) is 1.96. The van der Waals surface area contributed by atoms with E-state index in [1.807, 2.05) is 31.1 Å². The molecular formula is C17H21FN2O3. The Hall–Kier alpha value is -2.47. The molecule has 0 aliphatic heterocycles. The number of allylic oxidation sites excluding steroid dienone is 3. The van der Waals surface area contributed by atoms with E-state index in [0.717, 1.165) is 11.8 Å². The van der Waals surface area contributed by atoms with E-state index in [1.165, 1.54) is 11.6 Å². The molecule has 0 bridgehead atoms. The molecule has 1 unspecified atom stereocenters. The van der Waals surface area contributed by atoms with Gasteiger partial charge in [0.25, 0.3) is 5.91 Å². The molecule has 1 aromatic rings. The average molecular weight is 320 g/mol. The largest absolute Gasteiger partial charge is 0.378 e. The minimum atomic E-state index is -1.97. The number of carbonyl (C=O) groups excluding carboxylic acids is 2. The minimum absolute atomic E-state index is 0.176. The molecule has 0 radical (unpaired) electrons. The van der Waals surface area contributed by atoms with Crippen molar-refractivity contribution in [1.29, 1.82) is 0 Å². The van der Waals surface area contributed by atoms with Gasteiger partial charge in [0.2, 0.25) is 0 Å². The highest BCUT2D eigenvalue weighted by molar-refractivity contribution is 6.08. The number of nitrogens with one attached hydrogen (secondary N) is 1. The van der Waals surface area contributed by atoms with Crippen molar-refractivity contribution in [3.63, 3.8) is 0 Å². The van der Waals surface area contributed by atoms with Crippen molar-refractivity contribution >= 4 is 17.4 Å². The fraction of sp³-hybridized carbons (Fsp3) is 0.294. The molecule has 2 N–H and O–H groups in total. The molecule has 0 aromatic heterocycles. The lowest BCUT2D eigenvalue weighted by molar-refractivity contribution is -0.132. The van der Waals surface area contributed by atoms with Gasteiger partial charge in [0.15, 0.2) is 12.0 Å². The second-order valence-corrected chi connectivity index (χ2v) is 5.39. The van der Waals surface area contributed by atoms with Gasteiger partial charge in [0, 0.05) is 25.3 Å². The van der Waals surface area contributed by atoms with Gasteiger partial charge in [-0.3, -0.25) is 14.8 Å². The normalized spacial score (nSPS) is 13.5. The van der Waals surface area contributed by atoms with Gasteiger partial charge in [0.1, 0.15) is 0 Å². The summed E-state index contributed by atoms with van der Waals surface area (Å²) in [5.74, 6) is -1.33. The summed E-state index contributed by atoms with van der Waals surface area (Å²) < 4.78 is 13.4. The Bertz CT molecular complexity index is 634. The number of nitrogens with zero attached hydrogens (tertiary/aromatic N) is 1. The first kappa shape index (κ1) is 18.6. The van der Waals surface area contributed by atoms with Crippen LogP contribution >= 0.6 is 0 Å². The molecule has 1 atom stereocenters. The second-order valence-electron chi connectivity index (χ2n) is 5.39. The highest BCUT2D eigenvalue weighted by Crippen LogP contribution is 2.16. The maximum Gasteiger partial charge on any atom is 0.281 e. The zero-order valence-corrected chi connectivity index (χ0v) is 13.6. The van der Waals surface area contributed by atoms with Crippen molar-refractivity contribution < 1.29 is 19.2 Å². The molecule has 5 nitrogen and oxygen atoms in total. The van der Waals surface area contributed by atoms with Crippen LogP contribution in [-0.4, -0.2) is 37.2 Å². The number of ketones is 1. The van der Waals surface area contributed by atoms with Gasteiger partial charge in [-0.25, -0.2) is 9.87 Å². The molecule has 6 heteroatoms. The highest BCUT2D eigenvalue weighted by Gasteiger charge is 2.13. The zero-order chi connectivity index (χ0) is 17.6. The van der Waals surface area contributed by atoms with E-state index in [4.69, 9.17) is 5.21 Å². The molecule has 1 amide bonds. The number of rotatable bonds is 6. The Morgan fingerprint density at radius 3 is 2.26 bits per heavy atom. The van der Waals surface area contributed by atoms with Gasteiger partial charge in [-0.15, -0.1) is 0 Å². The molecule has 124 valence electrons. The van der Waals surface area contributed by atoms with Crippen molar-refractivity contribution in [2.45, 2.75) is 20.0 Å². The lowest BCUT2D eigenvalue weighted by atomic mass is 10.0. The van der Waals surface area contributed by atoms with Crippen molar-refractivity contribution in [3.8, 4) is 0 Å². The van der Waals surface area contributed by atoms with Gasteiger partial charge < -0.3 is 4.90 Å². The first-order valence-corrected chi connectivity index (χ1v) is 7.03. The smallest absolute Gasteiger partial charge is 0.281 e. The molecule has 1 rings (SSSR count). The molecule has 0 saturated heterocycles. The fourth-order valence-electron chi connectivity index (χ4n) is 1.96. The summed E-state index contributed by atoms with van der Waals surface area (Å²) >= 11 is 0. The standard InChI is InChI=1S/C17H21FN2O3/c1-11(10-15(18)17(22)19-23)9-12(2)16(21)13-5-7-14(8-6-13)20(3)4/h5-10,15,23H,1-4H3,(H,19,22)/b11-10+,12-9+. The highest BCUT2D eigenvalue weighted by atomic mass is 19.1. The van der Waals surface area contributed by atoms with Gasteiger partial charge in [-0.05, 0) is 49.8 Å². The summed E-state index contributed by atoms with van der Waals surface area (Å²) in [7, 11) is 3.82. The Balaban J connectivity index is 2.90. The van der Waals surface area contributed by atoms with Crippen LogP contribution in [0.4, 0.5) is 10.1 Å². The maximum absolute atomic E-state index is 13.4. The van der Waals surface area contributed by atoms with Crippen LogP contribution in [0.3, 0.4) is 0 Å². The van der Waals surface area contributed by atoms with E-state index < -0.39 is 12.1 Å². The Labute approximate surface area is 135 Å². The van der Waals surface area contributed by atoms with Gasteiger partial charge in [0.05, 0.1) is 0 Å². The van der Waals surface area contributed by atoms with Gasteiger partial charge in [-0.2, -0.15) is 0 Å².